The van der Waals surface area contributed by atoms with E-state index in [0.717, 1.165) is 165 Å². The maximum absolute atomic E-state index is 13.8. The zero-order valence-electron chi connectivity index (χ0n) is 44.1. The van der Waals surface area contributed by atoms with Gasteiger partial charge in [0.25, 0.3) is 11.8 Å². The lowest BCUT2D eigenvalue weighted by Gasteiger charge is -2.55. The highest BCUT2D eigenvalue weighted by molar-refractivity contribution is 6.23. The lowest BCUT2D eigenvalue weighted by molar-refractivity contribution is -0.143. The number of fused-ring (bicyclic) bond motifs is 1. The van der Waals surface area contributed by atoms with E-state index >= 15 is 0 Å². The molecule has 8 heterocycles. The van der Waals surface area contributed by atoms with E-state index in [1.165, 1.54) is 6.20 Å². The van der Waals surface area contributed by atoms with Crippen LogP contribution in [0.25, 0.3) is 0 Å². The summed E-state index contributed by atoms with van der Waals surface area (Å²) in [4.78, 5) is 113. The maximum atomic E-state index is 13.8. The van der Waals surface area contributed by atoms with Crippen molar-refractivity contribution in [1.29, 1.82) is 0 Å². The van der Waals surface area contributed by atoms with Crippen LogP contribution in [0, 0.1) is 23.2 Å². The molecule has 8 aliphatic rings. The number of imide groups is 2. The molecule has 1 atom stereocenters. The van der Waals surface area contributed by atoms with Gasteiger partial charge < -0.3 is 35.0 Å². The molecule has 6 amide bonds. The van der Waals surface area contributed by atoms with Crippen molar-refractivity contribution in [3.8, 4) is 0 Å². The SMILES string of the molecule is CCOC(=O)c1cnc(Nc2cnn(C)c2)nc1NC1CCC(N2CCN(C(=O)C3CCC(C(=O)N4CCC(CN5CC6(CCN(c7ccc8c(c7)C(=O)N(C7CCC(=O)NC7=O)C8=O)CC6)C5)CC4)CC3)CC2)CC1. The quantitative estimate of drug-likeness (QED) is 0.162. The molecule has 11 rings (SSSR count). The molecule has 3 aromatic rings. The monoisotopic (exact) mass is 1040 g/mol. The Labute approximate surface area is 443 Å². The Balaban J connectivity index is 0.565. The van der Waals surface area contributed by atoms with Crippen LogP contribution in [0.5, 0.6) is 0 Å². The molecule has 0 bridgehead atoms. The normalized spacial score (nSPS) is 26.5. The Kier molecular flexibility index (Phi) is 14.9. The second-order valence-electron chi connectivity index (χ2n) is 22.9. The van der Waals surface area contributed by atoms with Gasteiger partial charge in [0.2, 0.25) is 29.6 Å². The van der Waals surface area contributed by atoms with Crippen molar-refractivity contribution >= 4 is 64.6 Å². The highest BCUT2D eigenvalue weighted by Crippen LogP contribution is 2.43. The van der Waals surface area contributed by atoms with Gasteiger partial charge in [-0.25, -0.2) is 9.78 Å². The third-order valence-corrected chi connectivity index (χ3v) is 18.0. The summed E-state index contributed by atoms with van der Waals surface area (Å²) in [5, 5.41) is 13.1. The second kappa shape index (κ2) is 21.9. The molecule has 21 heteroatoms. The van der Waals surface area contributed by atoms with E-state index in [-0.39, 0.29) is 55.0 Å². The first kappa shape index (κ1) is 51.6. The van der Waals surface area contributed by atoms with Crippen molar-refractivity contribution in [3.05, 3.63) is 53.5 Å². The molecule has 2 saturated carbocycles. The number of aryl methyl sites for hydroxylation is 1. The van der Waals surface area contributed by atoms with Gasteiger partial charge in [-0.3, -0.25) is 48.6 Å². The molecule has 6 aliphatic heterocycles. The van der Waals surface area contributed by atoms with E-state index < -0.39 is 29.7 Å². The fourth-order valence-corrected chi connectivity index (χ4v) is 13.7. The van der Waals surface area contributed by atoms with Gasteiger partial charge in [0, 0.05) is 127 Å². The van der Waals surface area contributed by atoms with E-state index in [1.54, 1.807) is 29.9 Å². The predicted molar refractivity (Wildman–Crippen MR) is 280 cm³/mol. The molecule has 2 aromatic heterocycles. The molecular weight excluding hydrogens is 971 g/mol. The van der Waals surface area contributed by atoms with Gasteiger partial charge >= 0.3 is 5.97 Å². The molecule has 0 radical (unpaired) electrons. The van der Waals surface area contributed by atoms with Crippen LogP contribution < -0.4 is 20.9 Å². The largest absolute Gasteiger partial charge is 0.462 e. The summed E-state index contributed by atoms with van der Waals surface area (Å²) in [5.74, 6) is -0.470. The van der Waals surface area contributed by atoms with Crippen molar-refractivity contribution in [2.24, 2.45) is 30.2 Å². The fraction of sp³-hybridized carbons (Fsp3) is 0.636. The number of nitrogens with zero attached hydrogens (tertiary/aromatic N) is 10. The number of nitrogens with one attached hydrogen (secondary N) is 3. The third kappa shape index (κ3) is 10.8. The number of piperazine rings is 1. The summed E-state index contributed by atoms with van der Waals surface area (Å²) in [7, 11) is 1.83. The number of amides is 6. The highest BCUT2D eigenvalue weighted by atomic mass is 16.5. The summed E-state index contributed by atoms with van der Waals surface area (Å²) in [5.41, 5.74) is 2.88. The molecule has 5 saturated heterocycles. The number of carbonyl (C=O) groups is 7. The molecule has 76 heavy (non-hydrogen) atoms. The number of benzene rings is 1. The van der Waals surface area contributed by atoms with Gasteiger partial charge in [-0.05, 0) is 120 Å². The molecule has 1 aromatic carbocycles. The Morgan fingerprint density at radius 2 is 1.45 bits per heavy atom. The van der Waals surface area contributed by atoms with Gasteiger partial charge in [-0.15, -0.1) is 0 Å². The van der Waals surface area contributed by atoms with Crippen molar-refractivity contribution in [3.63, 3.8) is 0 Å². The first-order valence-corrected chi connectivity index (χ1v) is 28.0. The number of rotatable bonds is 13. The van der Waals surface area contributed by atoms with Crippen LogP contribution in [0.15, 0.2) is 36.8 Å². The van der Waals surface area contributed by atoms with Gasteiger partial charge in [-0.2, -0.15) is 10.1 Å². The Morgan fingerprint density at radius 3 is 2.09 bits per heavy atom. The number of aromatic nitrogens is 4. The third-order valence-electron chi connectivity index (χ3n) is 18.0. The molecule has 1 unspecified atom stereocenters. The summed E-state index contributed by atoms with van der Waals surface area (Å²) >= 11 is 0. The Hall–Kier alpha value is -6.48. The van der Waals surface area contributed by atoms with E-state index in [9.17, 15) is 33.6 Å². The minimum Gasteiger partial charge on any atom is -0.462 e. The van der Waals surface area contributed by atoms with Crippen LogP contribution in [0.2, 0.25) is 0 Å². The smallest absolute Gasteiger partial charge is 0.343 e. The van der Waals surface area contributed by atoms with E-state index in [1.807, 2.05) is 19.3 Å². The number of likely N-dealkylation sites (tertiary alicyclic amines) is 2. The van der Waals surface area contributed by atoms with Gasteiger partial charge in [-0.1, -0.05) is 0 Å². The Morgan fingerprint density at radius 1 is 0.776 bits per heavy atom. The topological polar surface area (TPSA) is 228 Å². The lowest BCUT2D eigenvalue weighted by Crippen LogP contribution is -2.61. The second-order valence-corrected chi connectivity index (χ2v) is 22.9. The summed E-state index contributed by atoms with van der Waals surface area (Å²) < 4.78 is 7.00. The van der Waals surface area contributed by atoms with Crippen molar-refractivity contribution in [2.75, 3.05) is 94.1 Å². The van der Waals surface area contributed by atoms with Crippen LogP contribution in [0.3, 0.4) is 0 Å². The predicted octanol–water partition coefficient (Wildman–Crippen LogP) is 4.05. The zero-order valence-corrected chi connectivity index (χ0v) is 44.1. The number of anilines is 4. The van der Waals surface area contributed by atoms with Gasteiger partial charge in [0.1, 0.15) is 17.4 Å². The van der Waals surface area contributed by atoms with Gasteiger partial charge in [0.15, 0.2) is 0 Å². The molecule has 1 spiro atoms. The maximum Gasteiger partial charge on any atom is 0.343 e. The molecular formula is C55H73N13O8. The fourth-order valence-electron chi connectivity index (χ4n) is 13.7. The van der Waals surface area contributed by atoms with Crippen LogP contribution in [-0.2, 0) is 31.0 Å². The highest BCUT2D eigenvalue weighted by Gasteiger charge is 2.48. The van der Waals surface area contributed by atoms with Crippen LogP contribution >= 0.6 is 0 Å². The minimum absolute atomic E-state index is 0.00660. The van der Waals surface area contributed by atoms with E-state index in [2.05, 4.69) is 55.5 Å². The summed E-state index contributed by atoms with van der Waals surface area (Å²) in [6.45, 7) is 11.8. The lowest BCUT2D eigenvalue weighted by atomic mass is 9.71. The number of piperidine rings is 3. The number of ether oxygens (including phenoxy) is 1. The first-order chi connectivity index (χ1) is 36.8. The van der Waals surface area contributed by atoms with E-state index in [4.69, 9.17) is 4.74 Å². The van der Waals surface area contributed by atoms with Crippen molar-refractivity contribution < 1.29 is 38.3 Å². The molecule has 406 valence electrons. The van der Waals surface area contributed by atoms with Crippen LogP contribution in [0.4, 0.5) is 23.1 Å². The number of carbonyl (C=O) groups excluding carboxylic acids is 7. The number of hydrogen-bond acceptors (Lipinski definition) is 16. The molecule has 2 aliphatic carbocycles. The summed E-state index contributed by atoms with van der Waals surface area (Å²) in [6, 6.07) is 5.01. The average Bonchev–Trinajstić information content (AvgIpc) is 3.97. The van der Waals surface area contributed by atoms with Crippen molar-refractivity contribution in [2.45, 2.75) is 115 Å². The molecule has 3 N–H and O–H groups in total. The average molecular weight is 1040 g/mol. The standard InChI is InChI=1S/C55H73N13O8/c1-3-76-53(75)44-30-56-54(59-39-29-57-62(2)32-39)61-47(44)58-38-8-10-40(11-9-38)65-24-26-67(27-25-65)50(72)37-6-4-36(5-7-37)49(71)66-20-16-35(17-21-66)31-63-33-55(34-63)18-22-64(23-19-55)41-12-13-42-43(28-41)52(74)68(51(42)73)45-14-15-46(69)60-48(45)70/h12-13,28-30,32,35-38,40,45H,3-11,14-27,31,33-34H2,1-2H3,(H,60,69,70)(H2,56,58,59,61). The van der Waals surface area contributed by atoms with Crippen LogP contribution in [0.1, 0.15) is 128 Å². The van der Waals surface area contributed by atoms with Crippen molar-refractivity contribution in [1.82, 2.24) is 49.6 Å². The van der Waals surface area contributed by atoms with E-state index in [0.29, 0.717) is 45.8 Å². The zero-order chi connectivity index (χ0) is 52.7. The van der Waals surface area contributed by atoms with Crippen LogP contribution in [-0.4, -0.2) is 182 Å². The number of hydrogen-bond donors (Lipinski definition) is 3. The molecule has 7 fully saturated rings. The number of esters is 1. The van der Waals surface area contributed by atoms with Gasteiger partial charge in [0.05, 0.1) is 29.6 Å². The molecule has 21 nitrogen and oxygen atoms in total. The first-order valence-electron chi connectivity index (χ1n) is 28.0. The Bertz CT molecular complexity index is 2700. The summed E-state index contributed by atoms with van der Waals surface area (Å²) in [6.07, 6.45) is 16.4. The minimum atomic E-state index is -0.973.